The first-order chi connectivity index (χ1) is 8.79. The van der Waals surface area contributed by atoms with Gasteiger partial charge in [-0.05, 0) is 12.8 Å². The van der Waals surface area contributed by atoms with Crippen LogP contribution in [-0.4, -0.2) is 54.0 Å². The van der Waals surface area contributed by atoms with Crippen LogP contribution < -0.4 is 0 Å². The fourth-order valence-corrected chi connectivity index (χ4v) is 2.30. The Hall–Kier alpha value is -0.910. The lowest BCUT2D eigenvalue weighted by atomic mass is 10.1. The molecular weight excluding hydrogens is 230 g/mol. The standard InChI is InChI=1S/C13H23N3O2/c1-15-11-14-9-12(15)10-16-5-3-13(4-6-16)18-8-7-17-2/h9,11,13H,3-8,10H2,1-2H3. The maximum absolute atomic E-state index is 5.76. The van der Waals surface area contributed by atoms with E-state index in [-0.39, 0.29) is 0 Å². The summed E-state index contributed by atoms with van der Waals surface area (Å²) in [6.45, 7) is 4.59. The molecule has 0 saturated carbocycles. The van der Waals surface area contributed by atoms with Crippen molar-refractivity contribution >= 4 is 0 Å². The minimum Gasteiger partial charge on any atom is -0.382 e. The summed E-state index contributed by atoms with van der Waals surface area (Å²) in [6, 6.07) is 0. The molecule has 5 heteroatoms. The summed E-state index contributed by atoms with van der Waals surface area (Å²) in [4.78, 5) is 6.62. The second-order valence-corrected chi connectivity index (χ2v) is 4.83. The monoisotopic (exact) mass is 253 g/mol. The topological polar surface area (TPSA) is 39.5 Å². The third-order valence-corrected chi connectivity index (χ3v) is 3.48. The van der Waals surface area contributed by atoms with Crippen LogP contribution in [0.25, 0.3) is 0 Å². The number of hydrogen-bond acceptors (Lipinski definition) is 4. The molecule has 102 valence electrons. The summed E-state index contributed by atoms with van der Waals surface area (Å²) in [7, 11) is 3.75. The average molecular weight is 253 g/mol. The molecule has 0 spiro atoms. The summed E-state index contributed by atoms with van der Waals surface area (Å²) in [5, 5.41) is 0. The molecule has 18 heavy (non-hydrogen) atoms. The van der Waals surface area contributed by atoms with Crippen molar-refractivity contribution in [2.75, 3.05) is 33.4 Å². The molecule has 5 nitrogen and oxygen atoms in total. The fourth-order valence-electron chi connectivity index (χ4n) is 2.30. The summed E-state index contributed by atoms with van der Waals surface area (Å²) < 4.78 is 12.8. The Kier molecular flexibility index (Phi) is 5.16. The predicted molar refractivity (Wildman–Crippen MR) is 69.3 cm³/mol. The van der Waals surface area contributed by atoms with Gasteiger partial charge < -0.3 is 14.0 Å². The van der Waals surface area contributed by atoms with Crippen molar-refractivity contribution in [3.63, 3.8) is 0 Å². The van der Waals surface area contributed by atoms with Gasteiger partial charge in [0.05, 0.1) is 31.3 Å². The van der Waals surface area contributed by atoms with Gasteiger partial charge >= 0.3 is 0 Å². The van der Waals surface area contributed by atoms with E-state index < -0.39 is 0 Å². The largest absolute Gasteiger partial charge is 0.382 e. The van der Waals surface area contributed by atoms with Gasteiger partial charge in [-0.3, -0.25) is 4.90 Å². The van der Waals surface area contributed by atoms with Gasteiger partial charge in [-0.1, -0.05) is 0 Å². The van der Waals surface area contributed by atoms with E-state index in [1.54, 1.807) is 7.11 Å². The molecule has 0 aromatic carbocycles. The van der Waals surface area contributed by atoms with Crippen LogP contribution in [0.3, 0.4) is 0 Å². The number of ether oxygens (including phenoxy) is 2. The van der Waals surface area contributed by atoms with Crippen LogP contribution in [0.5, 0.6) is 0 Å². The zero-order valence-electron chi connectivity index (χ0n) is 11.3. The van der Waals surface area contributed by atoms with E-state index in [1.165, 1.54) is 5.69 Å². The highest BCUT2D eigenvalue weighted by atomic mass is 16.5. The molecule has 0 radical (unpaired) electrons. The minimum absolute atomic E-state index is 0.405. The molecule has 0 N–H and O–H groups in total. The Morgan fingerprint density at radius 1 is 1.33 bits per heavy atom. The van der Waals surface area contributed by atoms with Crippen LogP contribution >= 0.6 is 0 Å². The highest BCUT2D eigenvalue weighted by Gasteiger charge is 2.20. The van der Waals surface area contributed by atoms with E-state index in [1.807, 2.05) is 19.6 Å². The van der Waals surface area contributed by atoms with Crippen molar-refractivity contribution in [2.45, 2.75) is 25.5 Å². The Labute approximate surface area is 109 Å². The molecule has 0 atom stereocenters. The van der Waals surface area contributed by atoms with Gasteiger partial charge in [-0.25, -0.2) is 4.98 Å². The maximum Gasteiger partial charge on any atom is 0.0945 e. The van der Waals surface area contributed by atoms with E-state index >= 15 is 0 Å². The van der Waals surface area contributed by atoms with Gasteiger partial charge in [0.1, 0.15) is 0 Å². The third kappa shape index (κ3) is 3.80. The lowest BCUT2D eigenvalue weighted by Crippen LogP contribution is -2.37. The van der Waals surface area contributed by atoms with Crippen LogP contribution in [0.2, 0.25) is 0 Å². The zero-order valence-corrected chi connectivity index (χ0v) is 11.3. The first-order valence-electron chi connectivity index (χ1n) is 6.57. The summed E-state index contributed by atoms with van der Waals surface area (Å²) in [5.74, 6) is 0. The number of likely N-dealkylation sites (tertiary alicyclic amines) is 1. The molecule has 1 aromatic rings. The van der Waals surface area contributed by atoms with Crippen LogP contribution in [0.4, 0.5) is 0 Å². The number of hydrogen-bond donors (Lipinski definition) is 0. The van der Waals surface area contributed by atoms with Crippen molar-refractivity contribution in [2.24, 2.45) is 7.05 Å². The van der Waals surface area contributed by atoms with Crippen LogP contribution in [0.15, 0.2) is 12.5 Å². The van der Waals surface area contributed by atoms with Crippen molar-refractivity contribution in [1.82, 2.24) is 14.5 Å². The maximum atomic E-state index is 5.76. The first kappa shape index (κ1) is 13.5. The van der Waals surface area contributed by atoms with Gasteiger partial charge in [0.15, 0.2) is 0 Å². The SMILES string of the molecule is COCCOC1CCN(Cc2cncn2C)CC1. The highest BCUT2D eigenvalue weighted by molar-refractivity contribution is 4.97. The van der Waals surface area contributed by atoms with Crippen molar-refractivity contribution in [1.29, 1.82) is 0 Å². The van der Waals surface area contributed by atoms with Gasteiger partial charge in [0.25, 0.3) is 0 Å². The number of aromatic nitrogens is 2. The molecule has 1 fully saturated rings. The first-order valence-corrected chi connectivity index (χ1v) is 6.57. The Morgan fingerprint density at radius 2 is 2.11 bits per heavy atom. The normalized spacial score (nSPS) is 18.3. The van der Waals surface area contributed by atoms with E-state index in [0.717, 1.165) is 32.5 Å². The summed E-state index contributed by atoms with van der Waals surface area (Å²) in [5.41, 5.74) is 1.27. The predicted octanol–water partition coefficient (Wildman–Crippen LogP) is 1.05. The lowest BCUT2D eigenvalue weighted by molar-refractivity contribution is -0.0160. The number of imidazole rings is 1. The Morgan fingerprint density at radius 3 is 2.72 bits per heavy atom. The molecule has 2 heterocycles. The molecule has 1 aliphatic rings. The van der Waals surface area contributed by atoms with Crippen molar-refractivity contribution in [3.05, 3.63) is 18.2 Å². The molecule has 2 rings (SSSR count). The minimum atomic E-state index is 0.405. The van der Waals surface area contributed by atoms with Crippen LogP contribution in [-0.2, 0) is 23.1 Å². The quantitative estimate of drug-likeness (QED) is 0.710. The highest BCUT2D eigenvalue weighted by Crippen LogP contribution is 2.15. The molecule has 0 bridgehead atoms. The molecule has 0 unspecified atom stereocenters. The molecule has 0 amide bonds. The third-order valence-electron chi connectivity index (χ3n) is 3.48. The zero-order chi connectivity index (χ0) is 12.8. The number of aryl methyl sites for hydroxylation is 1. The van der Waals surface area contributed by atoms with Crippen molar-refractivity contribution < 1.29 is 9.47 Å². The lowest BCUT2D eigenvalue weighted by Gasteiger charge is -2.31. The Bertz CT molecular complexity index is 346. The number of nitrogens with zero attached hydrogens (tertiary/aromatic N) is 3. The van der Waals surface area contributed by atoms with Crippen LogP contribution in [0, 0.1) is 0 Å². The second kappa shape index (κ2) is 6.87. The smallest absolute Gasteiger partial charge is 0.0945 e. The fraction of sp³-hybridized carbons (Fsp3) is 0.769. The average Bonchev–Trinajstić information content (AvgIpc) is 2.78. The van der Waals surface area contributed by atoms with Crippen molar-refractivity contribution in [3.8, 4) is 0 Å². The number of methoxy groups -OCH3 is 1. The summed E-state index contributed by atoms with van der Waals surface area (Å²) in [6.07, 6.45) is 6.43. The van der Waals surface area contributed by atoms with E-state index in [0.29, 0.717) is 19.3 Å². The Balaban J connectivity index is 1.69. The van der Waals surface area contributed by atoms with E-state index in [2.05, 4.69) is 14.5 Å². The van der Waals surface area contributed by atoms with E-state index in [9.17, 15) is 0 Å². The molecule has 1 aliphatic heterocycles. The van der Waals surface area contributed by atoms with Gasteiger partial charge in [0.2, 0.25) is 0 Å². The number of rotatable bonds is 6. The molecular formula is C13H23N3O2. The number of piperidine rings is 1. The van der Waals surface area contributed by atoms with Crippen LogP contribution in [0.1, 0.15) is 18.5 Å². The van der Waals surface area contributed by atoms with Gasteiger partial charge in [-0.15, -0.1) is 0 Å². The van der Waals surface area contributed by atoms with Gasteiger partial charge in [0, 0.05) is 40.0 Å². The molecule has 0 aliphatic carbocycles. The summed E-state index contributed by atoms with van der Waals surface area (Å²) >= 11 is 0. The van der Waals surface area contributed by atoms with Gasteiger partial charge in [-0.2, -0.15) is 0 Å². The molecule has 1 aromatic heterocycles. The van der Waals surface area contributed by atoms with E-state index in [4.69, 9.17) is 9.47 Å². The second-order valence-electron chi connectivity index (χ2n) is 4.83. The molecule has 1 saturated heterocycles.